The van der Waals surface area contributed by atoms with Crippen LogP contribution in [0, 0.1) is 0 Å². The van der Waals surface area contributed by atoms with Crippen molar-refractivity contribution in [3.8, 4) is 0 Å². The predicted molar refractivity (Wildman–Crippen MR) is 89.1 cm³/mol. The monoisotopic (exact) mass is 322 g/mol. The van der Waals surface area contributed by atoms with E-state index in [4.69, 9.17) is 4.74 Å². The molecule has 1 N–H and O–H groups in total. The molecule has 22 heavy (non-hydrogen) atoms. The summed E-state index contributed by atoms with van der Waals surface area (Å²) in [4.78, 5) is 16.0. The van der Waals surface area contributed by atoms with Crippen molar-refractivity contribution in [1.29, 1.82) is 0 Å². The number of hydrogen-bond acceptors (Lipinski definition) is 4. The van der Waals surface area contributed by atoms with Gasteiger partial charge in [-0.05, 0) is 49.6 Å². The number of hydrogen-bond donors (Lipinski definition) is 1. The fourth-order valence-corrected chi connectivity index (χ4v) is 4.18. The topological polar surface area (TPSA) is 41.6 Å². The molecule has 3 heterocycles. The van der Waals surface area contributed by atoms with Gasteiger partial charge in [0.2, 0.25) is 5.91 Å². The molecule has 1 aromatic heterocycles. The van der Waals surface area contributed by atoms with Gasteiger partial charge in [0.1, 0.15) is 0 Å². The van der Waals surface area contributed by atoms with Gasteiger partial charge in [0.25, 0.3) is 0 Å². The van der Waals surface area contributed by atoms with Crippen LogP contribution in [-0.4, -0.2) is 42.6 Å². The van der Waals surface area contributed by atoms with Gasteiger partial charge in [0.15, 0.2) is 0 Å². The Balaban J connectivity index is 1.37. The summed E-state index contributed by atoms with van der Waals surface area (Å²) in [6.45, 7) is 5.93. The summed E-state index contributed by atoms with van der Waals surface area (Å²) in [6, 6.07) is 2.62. The first-order chi connectivity index (χ1) is 10.7. The van der Waals surface area contributed by atoms with Gasteiger partial charge in [-0.3, -0.25) is 9.69 Å². The van der Waals surface area contributed by atoms with E-state index in [1.165, 1.54) is 10.4 Å². The molecule has 4 nitrogen and oxygen atoms in total. The van der Waals surface area contributed by atoms with E-state index in [-0.39, 0.29) is 5.91 Å². The minimum absolute atomic E-state index is 0.163. The fraction of sp³-hybridized carbons (Fsp3) is 0.706. The van der Waals surface area contributed by atoms with Crippen molar-refractivity contribution < 1.29 is 9.53 Å². The van der Waals surface area contributed by atoms with Crippen LogP contribution in [0.2, 0.25) is 0 Å². The Labute approximate surface area is 136 Å². The molecule has 5 heteroatoms. The molecule has 1 aromatic rings. The van der Waals surface area contributed by atoms with Crippen LogP contribution >= 0.6 is 11.3 Å². The van der Waals surface area contributed by atoms with E-state index in [9.17, 15) is 4.79 Å². The third-order valence-electron chi connectivity index (χ3n) is 4.77. The van der Waals surface area contributed by atoms with Crippen molar-refractivity contribution in [2.75, 3.05) is 19.7 Å². The molecule has 1 fully saturated rings. The van der Waals surface area contributed by atoms with Gasteiger partial charge in [0.05, 0.1) is 6.10 Å². The molecule has 2 aliphatic heterocycles. The Morgan fingerprint density at radius 2 is 2.50 bits per heavy atom. The zero-order chi connectivity index (χ0) is 15.4. The highest BCUT2D eigenvalue weighted by molar-refractivity contribution is 7.10. The summed E-state index contributed by atoms with van der Waals surface area (Å²) >= 11 is 1.87. The number of nitrogens with zero attached hydrogens (tertiary/aromatic N) is 1. The summed E-state index contributed by atoms with van der Waals surface area (Å²) in [5.74, 6) is 0.163. The van der Waals surface area contributed by atoms with Crippen LogP contribution in [0.3, 0.4) is 0 Å². The number of fused-ring (bicyclic) bond motifs is 1. The maximum Gasteiger partial charge on any atom is 0.220 e. The molecule has 122 valence electrons. The summed E-state index contributed by atoms with van der Waals surface area (Å²) in [7, 11) is 0. The maximum atomic E-state index is 12.0. The van der Waals surface area contributed by atoms with Crippen molar-refractivity contribution in [2.45, 2.75) is 57.7 Å². The molecule has 0 aromatic carbocycles. The average molecular weight is 322 g/mol. The molecule has 2 aliphatic rings. The van der Waals surface area contributed by atoms with Gasteiger partial charge in [-0.2, -0.15) is 0 Å². The van der Waals surface area contributed by atoms with Crippen LogP contribution in [0.4, 0.5) is 0 Å². The highest BCUT2D eigenvalue weighted by Crippen LogP contribution is 2.25. The van der Waals surface area contributed by atoms with Gasteiger partial charge >= 0.3 is 0 Å². The Morgan fingerprint density at radius 1 is 1.59 bits per heavy atom. The molecule has 3 rings (SSSR count). The second-order valence-electron chi connectivity index (χ2n) is 6.42. The van der Waals surface area contributed by atoms with Crippen LogP contribution in [0.5, 0.6) is 0 Å². The SMILES string of the molecule is C[C@@H](CNC(=O)CC[C@H]1CCCO1)N1CCc2sccc2C1. The molecule has 0 radical (unpaired) electrons. The number of rotatable bonds is 6. The minimum atomic E-state index is 0.163. The van der Waals surface area contributed by atoms with Crippen LogP contribution in [0.15, 0.2) is 11.4 Å². The molecule has 0 saturated carbocycles. The van der Waals surface area contributed by atoms with Crippen molar-refractivity contribution in [3.63, 3.8) is 0 Å². The summed E-state index contributed by atoms with van der Waals surface area (Å²) in [6.07, 6.45) is 5.16. The molecule has 0 bridgehead atoms. The predicted octanol–water partition coefficient (Wildman–Crippen LogP) is 2.57. The highest BCUT2D eigenvalue weighted by atomic mass is 32.1. The zero-order valence-electron chi connectivity index (χ0n) is 13.3. The lowest BCUT2D eigenvalue weighted by atomic mass is 10.1. The van der Waals surface area contributed by atoms with Crippen molar-refractivity contribution >= 4 is 17.2 Å². The van der Waals surface area contributed by atoms with Gasteiger partial charge in [-0.15, -0.1) is 11.3 Å². The average Bonchev–Trinajstić information content (AvgIpc) is 3.20. The van der Waals surface area contributed by atoms with Crippen molar-refractivity contribution in [3.05, 3.63) is 21.9 Å². The molecule has 0 aliphatic carbocycles. The lowest BCUT2D eigenvalue weighted by molar-refractivity contribution is -0.121. The Hall–Kier alpha value is -0.910. The van der Waals surface area contributed by atoms with Crippen LogP contribution < -0.4 is 5.32 Å². The lowest BCUT2D eigenvalue weighted by Crippen LogP contribution is -2.44. The Morgan fingerprint density at radius 3 is 3.32 bits per heavy atom. The van der Waals surface area contributed by atoms with E-state index in [1.807, 2.05) is 11.3 Å². The number of nitrogens with one attached hydrogen (secondary N) is 1. The van der Waals surface area contributed by atoms with Gasteiger partial charge in [-0.25, -0.2) is 0 Å². The standard InChI is InChI=1S/C17H26N2O2S/c1-13(19-8-6-16-14(12-19)7-10-22-16)11-18-17(20)5-4-15-3-2-9-21-15/h7,10,13,15H,2-6,8-9,11-12H2,1H3,(H,18,20)/t13-,15+/m0/s1. The number of amides is 1. The van der Waals surface area contributed by atoms with Crippen LogP contribution in [0.25, 0.3) is 0 Å². The maximum absolute atomic E-state index is 12.0. The first kappa shape index (κ1) is 16.0. The Kier molecular flexibility index (Phi) is 5.50. The highest BCUT2D eigenvalue weighted by Gasteiger charge is 2.22. The smallest absolute Gasteiger partial charge is 0.220 e. The van der Waals surface area contributed by atoms with E-state index >= 15 is 0 Å². The fourth-order valence-electron chi connectivity index (χ4n) is 3.29. The van der Waals surface area contributed by atoms with E-state index < -0.39 is 0 Å². The van der Waals surface area contributed by atoms with E-state index in [0.717, 1.165) is 51.9 Å². The molecule has 0 spiro atoms. The molecular weight excluding hydrogens is 296 g/mol. The number of carbonyl (C=O) groups excluding carboxylic acids is 1. The first-order valence-electron chi connectivity index (χ1n) is 8.40. The van der Waals surface area contributed by atoms with E-state index in [1.54, 1.807) is 0 Å². The number of thiophene rings is 1. The Bertz CT molecular complexity index is 497. The van der Waals surface area contributed by atoms with Crippen molar-refractivity contribution in [1.82, 2.24) is 10.2 Å². The summed E-state index contributed by atoms with van der Waals surface area (Å²) in [5, 5.41) is 5.27. The van der Waals surface area contributed by atoms with E-state index in [2.05, 4.69) is 28.6 Å². The number of ether oxygens (including phenoxy) is 1. The largest absolute Gasteiger partial charge is 0.378 e. The molecule has 1 saturated heterocycles. The molecule has 0 unspecified atom stereocenters. The van der Waals surface area contributed by atoms with Gasteiger partial charge in [-0.1, -0.05) is 0 Å². The van der Waals surface area contributed by atoms with Gasteiger partial charge < -0.3 is 10.1 Å². The number of carbonyl (C=O) groups is 1. The first-order valence-corrected chi connectivity index (χ1v) is 9.28. The molecule has 1 amide bonds. The van der Waals surface area contributed by atoms with Gasteiger partial charge in [0, 0.05) is 43.6 Å². The summed E-state index contributed by atoms with van der Waals surface area (Å²) < 4.78 is 5.56. The molecular formula is C17H26N2O2S. The quantitative estimate of drug-likeness (QED) is 0.875. The second-order valence-corrected chi connectivity index (χ2v) is 7.42. The lowest BCUT2D eigenvalue weighted by Gasteiger charge is -2.32. The summed E-state index contributed by atoms with van der Waals surface area (Å²) in [5.41, 5.74) is 1.47. The molecule has 2 atom stereocenters. The van der Waals surface area contributed by atoms with Crippen LogP contribution in [-0.2, 0) is 22.5 Å². The third kappa shape index (κ3) is 4.09. The van der Waals surface area contributed by atoms with Crippen LogP contribution in [0.1, 0.15) is 43.0 Å². The van der Waals surface area contributed by atoms with E-state index in [0.29, 0.717) is 18.6 Å². The normalized spacial score (nSPS) is 23.2. The van der Waals surface area contributed by atoms with Crippen molar-refractivity contribution in [2.24, 2.45) is 0 Å². The minimum Gasteiger partial charge on any atom is -0.378 e. The third-order valence-corrected chi connectivity index (χ3v) is 5.80. The zero-order valence-corrected chi connectivity index (χ0v) is 14.2. The second kappa shape index (κ2) is 7.57.